The lowest BCUT2D eigenvalue weighted by molar-refractivity contribution is 0.0940. The Morgan fingerprint density at radius 1 is 1.29 bits per heavy atom. The lowest BCUT2D eigenvalue weighted by atomic mass is 9.94. The number of hydrogen-bond acceptors (Lipinski definition) is 6. The molecule has 0 unspecified atom stereocenters. The van der Waals surface area contributed by atoms with Crippen molar-refractivity contribution in [3.8, 4) is 5.75 Å². The molecule has 1 aromatic heterocycles. The number of nitrogens with zero attached hydrogens (tertiary/aromatic N) is 2. The number of carbonyl (C=O) groups excluding carboxylic acids is 1. The van der Waals surface area contributed by atoms with Crippen LogP contribution in [0.15, 0.2) is 41.2 Å². The molecule has 0 radical (unpaired) electrons. The van der Waals surface area contributed by atoms with Gasteiger partial charge in [0.05, 0.1) is 18.7 Å². The van der Waals surface area contributed by atoms with E-state index in [1.165, 1.54) is 12.1 Å². The van der Waals surface area contributed by atoms with E-state index in [0.717, 1.165) is 37.9 Å². The largest absolute Gasteiger partial charge is 0.490 e. The van der Waals surface area contributed by atoms with E-state index in [4.69, 9.17) is 21.4 Å². The van der Waals surface area contributed by atoms with Crippen LogP contribution < -0.4 is 15.6 Å². The van der Waals surface area contributed by atoms with E-state index in [1.54, 1.807) is 18.2 Å². The van der Waals surface area contributed by atoms with Gasteiger partial charge < -0.3 is 25.0 Å². The Balaban J connectivity index is 1.42. The molecule has 8 nitrogen and oxygen atoms in total. The van der Waals surface area contributed by atoms with E-state index >= 15 is 0 Å². The summed E-state index contributed by atoms with van der Waals surface area (Å²) in [6.07, 6.45) is 2.70. The van der Waals surface area contributed by atoms with Crippen LogP contribution in [-0.4, -0.2) is 58.7 Å². The van der Waals surface area contributed by atoms with Gasteiger partial charge in [-0.25, -0.2) is 9.37 Å². The number of aromatic nitrogens is 2. The summed E-state index contributed by atoms with van der Waals surface area (Å²) < 4.78 is 20.3. The number of H-pyrrole nitrogens is 1. The van der Waals surface area contributed by atoms with Crippen LogP contribution in [0.1, 0.15) is 35.4 Å². The second-order valence-electron chi connectivity index (χ2n) is 8.64. The van der Waals surface area contributed by atoms with Gasteiger partial charge in [-0.05, 0) is 68.1 Å². The summed E-state index contributed by atoms with van der Waals surface area (Å²) in [5, 5.41) is 12.3. The molecule has 1 fully saturated rings. The fraction of sp³-hybridized carbons (Fsp3) is 0.400. The summed E-state index contributed by atoms with van der Waals surface area (Å²) in [6, 6.07) is 9.59. The van der Waals surface area contributed by atoms with Gasteiger partial charge in [-0.15, -0.1) is 0 Å². The topological polar surface area (TPSA) is 108 Å². The molecular formula is C25H28ClFN4O4. The van der Waals surface area contributed by atoms with Crippen molar-refractivity contribution >= 4 is 28.4 Å². The predicted octanol–water partition coefficient (Wildman–Crippen LogP) is 3.12. The maximum atomic E-state index is 14.6. The fourth-order valence-electron chi connectivity index (χ4n) is 4.31. The van der Waals surface area contributed by atoms with Crippen LogP contribution >= 0.6 is 11.6 Å². The standard InChI is InChI=1S/C25H28ClFN4O4/c26-18-3-1-2-17(14-18)15-28-25(34)23-29-20-5-4-19(27)22(21(20)24(33)30-23)35-13-8-16-6-9-31(10-7-16)11-12-32/h1-5,14,16,32H,6-13,15H2,(H,28,34)(H,29,30,33). The van der Waals surface area contributed by atoms with Crippen molar-refractivity contribution in [3.05, 3.63) is 69.0 Å². The van der Waals surface area contributed by atoms with Gasteiger partial charge in [0.25, 0.3) is 11.5 Å². The Morgan fingerprint density at radius 3 is 2.83 bits per heavy atom. The van der Waals surface area contributed by atoms with Crippen molar-refractivity contribution in [2.75, 3.05) is 32.8 Å². The highest BCUT2D eigenvalue weighted by atomic mass is 35.5. The maximum Gasteiger partial charge on any atom is 0.287 e. The third kappa shape index (κ3) is 6.36. The Bertz CT molecular complexity index is 1240. The van der Waals surface area contributed by atoms with Gasteiger partial charge in [0, 0.05) is 18.1 Å². The first-order valence-electron chi connectivity index (χ1n) is 11.7. The zero-order valence-corrected chi connectivity index (χ0v) is 20.0. The molecule has 2 aromatic carbocycles. The minimum absolute atomic E-state index is 0.0193. The van der Waals surface area contributed by atoms with Crippen molar-refractivity contribution in [1.29, 1.82) is 0 Å². The molecule has 35 heavy (non-hydrogen) atoms. The second-order valence-corrected chi connectivity index (χ2v) is 9.08. The Hall–Kier alpha value is -3.01. The minimum Gasteiger partial charge on any atom is -0.490 e. The van der Waals surface area contributed by atoms with Crippen LogP contribution in [0.25, 0.3) is 10.9 Å². The number of nitrogens with one attached hydrogen (secondary N) is 2. The quantitative estimate of drug-likeness (QED) is 0.415. The molecule has 0 atom stereocenters. The zero-order valence-electron chi connectivity index (χ0n) is 19.2. The van der Waals surface area contributed by atoms with Crippen molar-refractivity contribution in [2.45, 2.75) is 25.8 Å². The number of piperidine rings is 1. The summed E-state index contributed by atoms with van der Waals surface area (Å²) >= 11 is 5.96. The summed E-state index contributed by atoms with van der Waals surface area (Å²) in [7, 11) is 0. The summed E-state index contributed by atoms with van der Waals surface area (Å²) in [4.78, 5) is 34.2. The fourth-order valence-corrected chi connectivity index (χ4v) is 4.52. The van der Waals surface area contributed by atoms with Crippen molar-refractivity contribution in [1.82, 2.24) is 20.2 Å². The SMILES string of the molecule is O=C(NCc1cccc(Cl)c1)c1nc2ccc(F)c(OCCC3CCN(CCO)CC3)c2c(=O)[nH]1. The molecule has 0 bridgehead atoms. The average Bonchev–Trinajstić information content (AvgIpc) is 2.85. The molecule has 3 aromatic rings. The van der Waals surface area contributed by atoms with E-state index in [9.17, 15) is 14.0 Å². The number of carbonyl (C=O) groups is 1. The molecule has 186 valence electrons. The van der Waals surface area contributed by atoms with Crippen LogP contribution in [0.5, 0.6) is 5.75 Å². The predicted molar refractivity (Wildman–Crippen MR) is 131 cm³/mol. The van der Waals surface area contributed by atoms with Gasteiger partial charge in [0.15, 0.2) is 17.4 Å². The van der Waals surface area contributed by atoms with Gasteiger partial charge in [-0.1, -0.05) is 23.7 Å². The smallest absolute Gasteiger partial charge is 0.287 e. The van der Waals surface area contributed by atoms with Crippen LogP contribution in [0.3, 0.4) is 0 Å². The van der Waals surface area contributed by atoms with Crippen LogP contribution in [0, 0.1) is 11.7 Å². The van der Waals surface area contributed by atoms with E-state index in [1.807, 2.05) is 6.07 Å². The van der Waals surface area contributed by atoms with Gasteiger partial charge in [-0.2, -0.15) is 0 Å². The van der Waals surface area contributed by atoms with Gasteiger partial charge in [0.1, 0.15) is 5.39 Å². The van der Waals surface area contributed by atoms with Crippen LogP contribution in [-0.2, 0) is 6.54 Å². The van der Waals surface area contributed by atoms with E-state index in [2.05, 4.69) is 20.2 Å². The number of likely N-dealkylation sites (tertiary alicyclic amines) is 1. The molecule has 4 rings (SSSR count). The molecule has 1 aliphatic heterocycles. The molecule has 10 heteroatoms. The summed E-state index contributed by atoms with van der Waals surface area (Å²) in [6.45, 7) is 3.14. The molecule has 0 spiro atoms. The van der Waals surface area contributed by atoms with Crippen LogP contribution in [0.2, 0.25) is 5.02 Å². The number of rotatable bonds is 9. The zero-order chi connectivity index (χ0) is 24.8. The number of amides is 1. The molecular weight excluding hydrogens is 475 g/mol. The lowest BCUT2D eigenvalue weighted by Crippen LogP contribution is -2.36. The molecule has 0 saturated carbocycles. The van der Waals surface area contributed by atoms with E-state index in [0.29, 0.717) is 17.5 Å². The highest BCUT2D eigenvalue weighted by Crippen LogP contribution is 2.27. The third-order valence-corrected chi connectivity index (χ3v) is 6.47. The number of aromatic amines is 1. The maximum absolute atomic E-state index is 14.6. The Morgan fingerprint density at radius 2 is 2.09 bits per heavy atom. The van der Waals surface area contributed by atoms with Crippen molar-refractivity contribution in [2.24, 2.45) is 5.92 Å². The highest BCUT2D eigenvalue weighted by molar-refractivity contribution is 6.30. The summed E-state index contributed by atoms with van der Waals surface area (Å²) in [5.74, 6) is -1.10. The molecule has 3 N–H and O–H groups in total. The van der Waals surface area contributed by atoms with E-state index in [-0.39, 0.29) is 42.2 Å². The highest BCUT2D eigenvalue weighted by Gasteiger charge is 2.21. The molecule has 0 aliphatic carbocycles. The third-order valence-electron chi connectivity index (χ3n) is 6.23. The summed E-state index contributed by atoms with van der Waals surface area (Å²) in [5.41, 5.74) is 0.330. The number of benzene rings is 2. The van der Waals surface area contributed by atoms with Gasteiger partial charge in [-0.3, -0.25) is 9.59 Å². The monoisotopic (exact) mass is 502 g/mol. The Labute approximate surface area is 207 Å². The van der Waals surface area contributed by atoms with E-state index < -0.39 is 17.3 Å². The number of hydrogen-bond donors (Lipinski definition) is 3. The number of halogens is 2. The minimum atomic E-state index is -0.652. The number of β-amino-alcohol motifs (C(OH)–C–C–N with tert-alkyl or cyclic N) is 1. The van der Waals surface area contributed by atoms with Gasteiger partial charge in [0.2, 0.25) is 0 Å². The van der Waals surface area contributed by atoms with Crippen LogP contribution in [0.4, 0.5) is 4.39 Å². The van der Waals surface area contributed by atoms with Gasteiger partial charge >= 0.3 is 0 Å². The number of aliphatic hydroxyl groups is 1. The number of ether oxygens (including phenoxy) is 1. The first-order chi connectivity index (χ1) is 16.9. The first kappa shape index (κ1) is 25.1. The molecule has 1 saturated heterocycles. The molecule has 1 amide bonds. The molecule has 2 heterocycles. The molecule has 1 aliphatic rings. The first-order valence-corrected chi connectivity index (χ1v) is 12.0. The van der Waals surface area contributed by atoms with Crippen molar-refractivity contribution < 1.29 is 19.0 Å². The Kier molecular flexibility index (Phi) is 8.33. The van der Waals surface area contributed by atoms with Crippen molar-refractivity contribution in [3.63, 3.8) is 0 Å². The number of fused-ring (bicyclic) bond motifs is 1. The lowest BCUT2D eigenvalue weighted by Gasteiger charge is -2.31. The average molecular weight is 503 g/mol. The number of aliphatic hydroxyl groups excluding tert-OH is 1. The normalized spacial score (nSPS) is 14.8. The second kappa shape index (κ2) is 11.6.